The van der Waals surface area contributed by atoms with Crippen LogP contribution in [0.3, 0.4) is 0 Å². The lowest BCUT2D eigenvalue weighted by Gasteiger charge is -2.33. The number of hydrogen-bond donors (Lipinski definition) is 2. The third-order valence-corrected chi connectivity index (χ3v) is 3.53. The molecule has 0 saturated carbocycles. The van der Waals surface area contributed by atoms with Crippen molar-refractivity contribution in [3.05, 3.63) is 0 Å². The normalized spacial score (nSPS) is 22.7. The molecule has 0 radical (unpaired) electrons. The lowest BCUT2D eigenvalue weighted by molar-refractivity contribution is -0.121. The number of nitrogens with zero attached hydrogens (tertiary/aromatic N) is 1. The van der Waals surface area contributed by atoms with Crippen LogP contribution in [0.1, 0.15) is 46.0 Å². The molecule has 1 heterocycles. The van der Waals surface area contributed by atoms with E-state index in [0.717, 1.165) is 39.0 Å². The Hall–Kier alpha value is -0.610. The number of carbonyl (C=O) groups is 1. The number of aliphatic hydroxyl groups is 1. The number of likely N-dealkylation sites (tertiary alicyclic amines) is 1. The van der Waals surface area contributed by atoms with Crippen LogP contribution in [0.5, 0.6) is 0 Å². The molecule has 0 aromatic heterocycles. The van der Waals surface area contributed by atoms with Crippen LogP contribution < -0.4 is 5.32 Å². The van der Waals surface area contributed by atoms with Crippen molar-refractivity contribution in [3.63, 3.8) is 0 Å². The Labute approximate surface area is 111 Å². The summed E-state index contributed by atoms with van der Waals surface area (Å²) in [6.07, 6.45) is 4.59. The lowest BCUT2D eigenvalue weighted by Crippen LogP contribution is -2.41. The summed E-state index contributed by atoms with van der Waals surface area (Å²) in [6.45, 7) is 7.83. The van der Waals surface area contributed by atoms with Gasteiger partial charge in [0.15, 0.2) is 0 Å². The van der Waals surface area contributed by atoms with Gasteiger partial charge in [-0.25, -0.2) is 0 Å². The number of rotatable bonds is 7. The predicted molar refractivity (Wildman–Crippen MR) is 73.4 cm³/mol. The highest BCUT2D eigenvalue weighted by Crippen LogP contribution is 2.16. The minimum Gasteiger partial charge on any atom is -0.393 e. The molecule has 1 rings (SSSR count). The quantitative estimate of drug-likeness (QED) is 0.723. The summed E-state index contributed by atoms with van der Waals surface area (Å²) >= 11 is 0. The molecule has 1 aliphatic rings. The second-order valence-electron chi connectivity index (χ2n) is 5.50. The Morgan fingerprint density at radius 3 is 3.00 bits per heavy atom. The van der Waals surface area contributed by atoms with Gasteiger partial charge in [-0.2, -0.15) is 0 Å². The van der Waals surface area contributed by atoms with Crippen molar-refractivity contribution in [1.82, 2.24) is 10.2 Å². The minimum atomic E-state index is -0.213. The zero-order valence-corrected chi connectivity index (χ0v) is 11.8. The summed E-state index contributed by atoms with van der Waals surface area (Å²) < 4.78 is 0. The van der Waals surface area contributed by atoms with Crippen LogP contribution in [0.25, 0.3) is 0 Å². The van der Waals surface area contributed by atoms with Crippen molar-refractivity contribution in [1.29, 1.82) is 0 Å². The number of carbonyl (C=O) groups excluding carboxylic acids is 1. The third-order valence-electron chi connectivity index (χ3n) is 3.53. The maximum Gasteiger partial charge on any atom is 0.219 e. The zero-order chi connectivity index (χ0) is 13.4. The fourth-order valence-electron chi connectivity index (χ4n) is 2.46. The molecule has 0 aromatic carbocycles. The molecule has 0 aliphatic carbocycles. The molecule has 0 bridgehead atoms. The van der Waals surface area contributed by atoms with E-state index in [2.05, 4.69) is 10.2 Å². The van der Waals surface area contributed by atoms with Crippen LogP contribution in [0, 0.1) is 5.92 Å². The molecule has 106 valence electrons. The third kappa shape index (κ3) is 6.36. The Bertz CT molecular complexity index is 244. The molecule has 18 heavy (non-hydrogen) atoms. The molecule has 2 atom stereocenters. The fourth-order valence-corrected chi connectivity index (χ4v) is 2.46. The van der Waals surface area contributed by atoms with Crippen LogP contribution >= 0.6 is 0 Å². The Morgan fingerprint density at radius 1 is 1.56 bits per heavy atom. The molecular weight excluding hydrogens is 228 g/mol. The molecule has 2 N–H and O–H groups in total. The van der Waals surface area contributed by atoms with Crippen LogP contribution in [-0.4, -0.2) is 48.2 Å². The Balaban J connectivity index is 2.20. The van der Waals surface area contributed by atoms with Gasteiger partial charge in [-0.15, -0.1) is 0 Å². The van der Waals surface area contributed by atoms with Gasteiger partial charge in [0.05, 0.1) is 6.10 Å². The zero-order valence-electron chi connectivity index (χ0n) is 11.8. The van der Waals surface area contributed by atoms with E-state index >= 15 is 0 Å². The number of aliphatic hydroxyl groups excluding tert-OH is 1. The molecule has 4 heteroatoms. The van der Waals surface area contributed by atoms with E-state index in [-0.39, 0.29) is 12.0 Å². The average molecular weight is 256 g/mol. The molecule has 0 spiro atoms. The summed E-state index contributed by atoms with van der Waals surface area (Å²) in [5.74, 6) is 0.757. The van der Waals surface area contributed by atoms with Crippen LogP contribution in [0.15, 0.2) is 0 Å². The average Bonchev–Trinajstić information content (AvgIpc) is 2.35. The highest BCUT2D eigenvalue weighted by Gasteiger charge is 2.20. The van der Waals surface area contributed by atoms with Gasteiger partial charge in [-0.05, 0) is 45.1 Å². The molecule has 0 aromatic rings. The minimum absolute atomic E-state index is 0.179. The first kappa shape index (κ1) is 15.4. The van der Waals surface area contributed by atoms with Crippen LogP contribution in [-0.2, 0) is 4.79 Å². The summed E-state index contributed by atoms with van der Waals surface area (Å²) in [6, 6.07) is 0. The molecule has 1 amide bonds. The molecule has 1 saturated heterocycles. The lowest BCUT2D eigenvalue weighted by atomic mass is 9.97. The fraction of sp³-hybridized carbons (Fsp3) is 0.929. The van der Waals surface area contributed by atoms with E-state index < -0.39 is 0 Å². The second-order valence-corrected chi connectivity index (χ2v) is 5.50. The van der Waals surface area contributed by atoms with Gasteiger partial charge in [-0.1, -0.05) is 6.92 Å². The van der Waals surface area contributed by atoms with Gasteiger partial charge >= 0.3 is 0 Å². The van der Waals surface area contributed by atoms with Gasteiger partial charge < -0.3 is 15.3 Å². The highest BCUT2D eigenvalue weighted by molar-refractivity contribution is 5.75. The van der Waals surface area contributed by atoms with Gasteiger partial charge in [-0.3, -0.25) is 4.79 Å². The molecular formula is C14H28N2O2. The summed E-state index contributed by atoms with van der Waals surface area (Å²) in [5, 5.41) is 12.3. The van der Waals surface area contributed by atoms with Gasteiger partial charge in [0.25, 0.3) is 0 Å². The van der Waals surface area contributed by atoms with E-state index in [0.29, 0.717) is 12.3 Å². The van der Waals surface area contributed by atoms with Crippen LogP contribution in [0.4, 0.5) is 0 Å². The highest BCUT2D eigenvalue weighted by atomic mass is 16.3. The van der Waals surface area contributed by atoms with E-state index in [1.807, 2.05) is 13.8 Å². The first-order chi connectivity index (χ1) is 8.61. The predicted octanol–water partition coefficient (Wildman–Crippen LogP) is 1.39. The van der Waals surface area contributed by atoms with Gasteiger partial charge in [0, 0.05) is 26.1 Å². The first-order valence-electron chi connectivity index (χ1n) is 7.29. The van der Waals surface area contributed by atoms with Gasteiger partial charge in [0.1, 0.15) is 0 Å². The summed E-state index contributed by atoms with van der Waals surface area (Å²) in [5.41, 5.74) is 0. The maximum absolute atomic E-state index is 11.4. The molecule has 0 unspecified atom stereocenters. The van der Waals surface area contributed by atoms with E-state index in [1.54, 1.807) is 0 Å². The van der Waals surface area contributed by atoms with Gasteiger partial charge in [0.2, 0.25) is 5.91 Å². The van der Waals surface area contributed by atoms with Crippen molar-refractivity contribution in [2.45, 2.75) is 52.1 Å². The standard InChI is InChI=1S/C14H28N2O2/c1-3-5-14(18)15-10-13-6-4-8-16(11-13)9-7-12(2)17/h12-13,17H,3-11H2,1-2H3,(H,15,18)/t12-,13-/m0/s1. The van der Waals surface area contributed by atoms with E-state index in [4.69, 9.17) is 0 Å². The number of nitrogens with one attached hydrogen (secondary N) is 1. The van der Waals surface area contributed by atoms with Crippen molar-refractivity contribution in [2.24, 2.45) is 5.92 Å². The monoisotopic (exact) mass is 256 g/mol. The number of hydrogen-bond acceptors (Lipinski definition) is 3. The smallest absolute Gasteiger partial charge is 0.219 e. The van der Waals surface area contributed by atoms with E-state index in [9.17, 15) is 9.90 Å². The topological polar surface area (TPSA) is 52.6 Å². The molecule has 1 aliphatic heterocycles. The SMILES string of the molecule is CCCC(=O)NC[C@@H]1CCCN(CC[C@H](C)O)C1. The van der Waals surface area contributed by atoms with Crippen molar-refractivity contribution >= 4 is 5.91 Å². The van der Waals surface area contributed by atoms with Crippen molar-refractivity contribution < 1.29 is 9.90 Å². The van der Waals surface area contributed by atoms with Crippen molar-refractivity contribution in [2.75, 3.05) is 26.2 Å². The van der Waals surface area contributed by atoms with Crippen LogP contribution in [0.2, 0.25) is 0 Å². The Kier molecular flexibility index (Phi) is 7.28. The molecule has 4 nitrogen and oxygen atoms in total. The number of amides is 1. The second kappa shape index (κ2) is 8.48. The summed E-state index contributed by atoms with van der Waals surface area (Å²) in [7, 11) is 0. The molecule has 1 fully saturated rings. The van der Waals surface area contributed by atoms with E-state index in [1.165, 1.54) is 12.8 Å². The Morgan fingerprint density at radius 2 is 2.33 bits per heavy atom. The first-order valence-corrected chi connectivity index (χ1v) is 7.29. The largest absolute Gasteiger partial charge is 0.393 e. The van der Waals surface area contributed by atoms with Crippen molar-refractivity contribution in [3.8, 4) is 0 Å². The maximum atomic E-state index is 11.4. The summed E-state index contributed by atoms with van der Waals surface area (Å²) in [4.78, 5) is 13.8. The number of piperidine rings is 1.